The summed E-state index contributed by atoms with van der Waals surface area (Å²) in [5, 5.41) is 10.2. The molecule has 7 heteroatoms. The van der Waals surface area contributed by atoms with Crippen LogP contribution in [-0.2, 0) is 11.3 Å². The molecule has 1 heterocycles. The Morgan fingerprint density at radius 1 is 1.21 bits per heavy atom. The van der Waals surface area contributed by atoms with Gasteiger partial charge in [0.1, 0.15) is 5.60 Å². The molecule has 0 fully saturated rings. The molecule has 1 aromatic rings. The highest BCUT2D eigenvalue weighted by Gasteiger charge is 2.30. The summed E-state index contributed by atoms with van der Waals surface area (Å²) >= 11 is 0. The normalized spacial score (nSPS) is 14.8. The molecule has 1 amide bonds. The number of carbonyl (C=O) groups is 1. The first-order chi connectivity index (χ1) is 10.9. The highest BCUT2D eigenvalue weighted by Crippen LogP contribution is 2.17. The summed E-state index contributed by atoms with van der Waals surface area (Å²) in [6.45, 7) is 16.7. The summed E-state index contributed by atoms with van der Waals surface area (Å²) in [5.41, 5.74) is -0.841. The minimum Gasteiger partial charge on any atom is -0.444 e. The molecular weight excluding hydrogens is 308 g/mol. The van der Waals surface area contributed by atoms with Crippen molar-refractivity contribution in [1.29, 1.82) is 0 Å². The van der Waals surface area contributed by atoms with Gasteiger partial charge in [-0.3, -0.25) is 0 Å². The molecule has 24 heavy (non-hydrogen) atoms. The van der Waals surface area contributed by atoms with E-state index in [-0.39, 0.29) is 17.4 Å². The van der Waals surface area contributed by atoms with Crippen LogP contribution in [0.2, 0.25) is 0 Å². The molecule has 2 N–H and O–H groups in total. The molecular formula is C17H32N4O3. The summed E-state index contributed by atoms with van der Waals surface area (Å²) in [4.78, 5) is 16.2. The van der Waals surface area contributed by atoms with E-state index >= 15 is 0 Å². The lowest BCUT2D eigenvalue weighted by Gasteiger charge is -2.35. The second-order valence-corrected chi connectivity index (χ2v) is 7.98. The Bertz CT molecular complexity index is 534. The average Bonchev–Trinajstić information content (AvgIpc) is 2.90. The Balaban J connectivity index is 2.62. The van der Waals surface area contributed by atoms with Gasteiger partial charge in [-0.2, -0.15) is 4.98 Å². The fraction of sp³-hybridized carbons (Fsp3) is 0.824. The first-order valence-electron chi connectivity index (χ1n) is 8.47. The fourth-order valence-corrected chi connectivity index (χ4v) is 1.89. The highest BCUT2D eigenvalue weighted by atomic mass is 16.6. The van der Waals surface area contributed by atoms with Crippen molar-refractivity contribution in [2.24, 2.45) is 5.92 Å². The van der Waals surface area contributed by atoms with E-state index in [0.717, 1.165) is 0 Å². The molecule has 1 unspecified atom stereocenters. The third-order valence-electron chi connectivity index (χ3n) is 3.92. The zero-order valence-corrected chi connectivity index (χ0v) is 16.2. The Hall–Kier alpha value is -1.63. The zero-order valence-electron chi connectivity index (χ0n) is 16.2. The molecule has 0 aliphatic heterocycles. The van der Waals surface area contributed by atoms with Gasteiger partial charge in [0.25, 0.3) is 0 Å². The van der Waals surface area contributed by atoms with E-state index in [1.54, 1.807) is 0 Å². The summed E-state index contributed by atoms with van der Waals surface area (Å²) in [6.07, 6.45) is -0.420. The van der Waals surface area contributed by atoms with E-state index in [2.05, 4.69) is 41.5 Å². The third kappa shape index (κ3) is 6.47. The number of alkyl carbamates (subject to hydrolysis) is 1. The maximum atomic E-state index is 11.9. The Labute approximate surface area is 144 Å². The Kier molecular flexibility index (Phi) is 6.77. The average molecular weight is 340 g/mol. The Morgan fingerprint density at radius 3 is 2.29 bits per heavy atom. The first kappa shape index (κ1) is 20.4. The number of nitrogens with zero attached hydrogens (tertiary/aromatic N) is 2. The Morgan fingerprint density at radius 2 is 1.83 bits per heavy atom. The summed E-state index contributed by atoms with van der Waals surface area (Å²) in [7, 11) is 0. The van der Waals surface area contributed by atoms with E-state index in [9.17, 15) is 4.79 Å². The fourth-order valence-electron chi connectivity index (χ4n) is 1.89. The number of aromatic nitrogens is 2. The van der Waals surface area contributed by atoms with Gasteiger partial charge in [-0.25, -0.2) is 4.79 Å². The van der Waals surface area contributed by atoms with Gasteiger partial charge in [0.05, 0.1) is 6.54 Å². The third-order valence-corrected chi connectivity index (χ3v) is 3.92. The van der Waals surface area contributed by atoms with Crippen LogP contribution in [0.25, 0.3) is 0 Å². The number of ether oxygens (including phenoxy) is 1. The van der Waals surface area contributed by atoms with Gasteiger partial charge in [0, 0.05) is 18.0 Å². The second-order valence-electron chi connectivity index (χ2n) is 7.98. The predicted octanol–water partition coefficient (Wildman–Crippen LogP) is 3.22. The number of nitrogens with one attached hydrogen (secondary N) is 2. The van der Waals surface area contributed by atoms with E-state index < -0.39 is 11.7 Å². The molecule has 0 radical (unpaired) electrons. The monoisotopic (exact) mass is 340 g/mol. The van der Waals surface area contributed by atoms with Gasteiger partial charge in [-0.05, 0) is 33.6 Å². The molecule has 0 saturated carbocycles. The molecule has 0 spiro atoms. The van der Waals surface area contributed by atoms with Crippen LogP contribution in [0, 0.1) is 5.92 Å². The molecule has 1 aromatic heterocycles. The minimum absolute atomic E-state index is 0.229. The van der Waals surface area contributed by atoms with Crippen LogP contribution >= 0.6 is 0 Å². The van der Waals surface area contributed by atoms with Gasteiger partial charge in [0.15, 0.2) is 5.82 Å². The maximum Gasteiger partial charge on any atom is 0.407 e. The van der Waals surface area contributed by atoms with E-state index in [1.807, 2.05) is 34.6 Å². The quantitative estimate of drug-likeness (QED) is 0.792. The zero-order chi connectivity index (χ0) is 18.5. The van der Waals surface area contributed by atoms with Crippen molar-refractivity contribution in [3.05, 3.63) is 11.7 Å². The lowest BCUT2D eigenvalue weighted by atomic mass is 9.88. The number of hydrogen-bond acceptors (Lipinski definition) is 6. The molecule has 0 aromatic carbocycles. The smallest absolute Gasteiger partial charge is 0.407 e. The van der Waals surface area contributed by atoms with Gasteiger partial charge in [-0.1, -0.05) is 32.9 Å². The summed E-state index contributed by atoms with van der Waals surface area (Å²) in [6, 6.07) is 0. The van der Waals surface area contributed by atoms with E-state index in [0.29, 0.717) is 24.8 Å². The standard InChI is InChI=1S/C17H32N4O3/c1-11(2)14-20-13(24-21-14)9-19-17(8,12(3)4)10-18-15(22)23-16(5,6)7/h11-12,19H,9-10H2,1-8H3,(H,18,22). The van der Waals surface area contributed by atoms with Crippen LogP contribution in [0.15, 0.2) is 4.52 Å². The van der Waals surface area contributed by atoms with Crippen molar-refractivity contribution < 1.29 is 14.1 Å². The largest absolute Gasteiger partial charge is 0.444 e. The number of carbonyl (C=O) groups excluding carboxylic acids is 1. The minimum atomic E-state index is -0.511. The summed E-state index contributed by atoms with van der Waals surface area (Å²) < 4.78 is 10.5. The van der Waals surface area contributed by atoms with Crippen LogP contribution < -0.4 is 10.6 Å². The van der Waals surface area contributed by atoms with Crippen LogP contribution in [0.3, 0.4) is 0 Å². The number of rotatable bonds is 7. The number of hydrogen-bond donors (Lipinski definition) is 2. The van der Waals surface area contributed by atoms with Crippen molar-refractivity contribution in [3.63, 3.8) is 0 Å². The van der Waals surface area contributed by atoms with Crippen molar-refractivity contribution in [2.45, 2.75) is 79.0 Å². The molecule has 0 aliphatic carbocycles. The topological polar surface area (TPSA) is 89.3 Å². The highest BCUT2D eigenvalue weighted by molar-refractivity contribution is 5.67. The first-order valence-corrected chi connectivity index (χ1v) is 8.47. The predicted molar refractivity (Wildman–Crippen MR) is 92.7 cm³/mol. The SMILES string of the molecule is CC(C)c1noc(CNC(C)(CNC(=O)OC(C)(C)C)C(C)C)n1. The second kappa shape index (κ2) is 7.96. The molecule has 1 rings (SSSR count). The van der Waals surface area contributed by atoms with E-state index in [4.69, 9.17) is 9.26 Å². The van der Waals surface area contributed by atoms with Crippen molar-refractivity contribution in [2.75, 3.05) is 6.54 Å². The summed E-state index contributed by atoms with van der Waals surface area (Å²) in [5.74, 6) is 1.75. The molecule has 1 atom stereocenters. The van der Waals surface area contributed by atoms with Gasteiger partial charge < -0.3 is 19.9 Å². The number of amides is 1. The maximum absolute atomic E-state index is 11.9. The van der Waals surface area contributed by atoms with Crippen molar-refractivity contribution in [3.8, 4) is 0 Å². The van der Waals surface area contributed by atoms with Crippen LogP contribution in [-0.4, -0.2) is 33.9 Å². The van der Waals surface area contributed by atoms with Crippen LogP contribution in [0.4, 0.5) is 4.79 Å². The molecule has 7 nitrogen and oxygen atoms in total. The van der Waals surface area contributed by atoms with Crippen LogP contribution in [0.1, 0.15) is 73.0 Å². The molecule has 0 aliphatic rings. The lowest BCUT2D eigenvalue weighted by molar-refractivity contribution is 0.0502. The van der Waals surface area contributed by atoms with Crippen molar-refractivity contribution in [1.82, 2.24) is 20.8 Å². The van der Waals surface area contributed by atoms with E-state index in [1.165, 1.54) is 0 Å². The molecule has 138 valence electrons. The van der Waals surface area contributed by atoms with Gasteiger partial charge in [0.2, 0.25) is 5.89 Å². The van der Waals surface area contributed by atoms with Gasteiger partial charge in [-0.15, -0.1) is 0 Å². The molecule has 0 bridgehead atoms. The van der Waals surface area contributed by atoms with Crippen LogP contribution in [0.5, 0.6) is 0 Å². The molecule has 0 saturated heterocycles. The van der Waals surface area contributed by atoms with Crippen molar-refractivity contribution >= 4 is 6.09 Å². The lowest BCUT2D eigenvalue weighted by Crippen LogP contribution is -2.55. The van der Waals surface area contributed by atoms with Gasteiger partial charge >= 0.3 is 6.09 Å².